The Labute approximate surface area is 142 Å². The lowest BCUT2D eigenvalue weighted by Crippen LogP contribution is -2.36. The van der Waals surface area contributed by atoms with Crippen molar-refractivity contribution in [3.63, 3.8) is 0 Å². The fourth-order valence-corrected chi connectivity index (χ4v) is 2.24. The van der Waals surface area contributed by atoms with E-state index in [1.165, 1.54) is 5.56 Å². The Morgan fingerprint density at radius 3 is 2.42 bits per heavy atom. The van der Waals surface area contributed by atoms with E-state index in [0.717, 1.165) is 17.7 Å². The maximum Gasteiger partial charge on any atom is 0.313 e. The molecule has 0 saturated heterocycles. The average molecular weight is 326 g/mol. The largest absolute Gasteiger partial charge is 0.497 e. The van der Waals surface area contributed by atoms with Crippen LogP contribution in [0.3, 0.4) is 0 Å². The molecule has 2 aromatic carbocycles. The second-order valence-corrected chi connectivity index (χ2v) is 5.36. The van der Waals surface area contributed by atoms with Gasteiger partial charge in [-0.15, -0.1) is 0 Å². The first-order valence-corrected chi connectivity index (χ1v) is 7.93. The number of carbonyl (C=O) groups excluding carboxylic acids is 2. The van der Waals surface area contributed by atoms with Gasteiger partial charge in [-0.05, 0) is 48.2 Å². The predicted octanol–water partition coefficient (Wildman–Crippen LogP) is 2.56. The number of benzene rings is 2. The number of ether oxygens (including phenoxy) is 1. The number of hydrogen-bond acceptors (Lipinski definition) is 3. The third-order valence-electron chi connectivity index (χ3n) is 3.66. The molecule has 0 unspecified atom stereocenters. The van der Waals surface area contributed by atoms with Crippen LogP contribution in [0.15, 0.2) is 48.5 Å². The Balaban J connectivity index is 1.79. The number of anilines is 1. The number of rotatable bonds is 6. The summed E-state index contributed by atoms with van der Waals surface area (Å²) in [5, 5.41) is 5.21. The highest BCUT2D eigenvalue weighted by molar-refractivity contribution is 6.39. The van der Waals surface area contributed by atoms with Crippen LogP contribution in [0.5, 0.6) is 5.75 Å². The first kappa shape index (κ1) is 17.5. The highest BCUT2D eigenvalue weighted by Crippen LogP contribution is 2.12. The molecule has 2 rings (SSSR count). The third-order valence-corrected chi connectivity index (χ3v) is 3.66. The van der Waals surface area contributed by atoms with Crippen LogP contribution in [0.25, 0.3) is 0 Å². The standard InChI is InChI=1S/C19H22N2O3/c1-3-14-7-9-16(10-8-14)21-19(23)18(22)20-12-11-15-5-4-6-17(13-15)24-2/h4-10,13H,3,11-12H2,1-2H3,(H,20,22)(H,21,23). The van der Waals surface area contributed by atoms with Gasteiger partial charge in [0.05, 0.1) is 7.11 Å². The lowest BCUT2D eigenvalue weighted by molar-refractivity contribution is -0.136. The van der Waals surface area contributed by atoms with Gasteiger partial charge in [0.2, 0.25) is 0 Å². The third kappa shape index (κ3) is 5.12. The minimum atomic E-state index is -0.662. The average Bonchev–Trinajstić information content (AvgIpc) is 2.62. The summed E-state index contributed by atoms with van der Waals surface area (Å²) in [7, 11) is 1.61. The Bertz CT molecular complexity index is 696. The summed E-state index contributed by atoms with van der Waals surface area (Å²) in [6, 6.07) is 15.0. The molecule has 0 atom stereocenters. The van der Waals surface area contributed by atoms with Crippen LogP contribution in [0.4, 0.5) is 5.69 Å². The van der Waals surface area contributed by atoms with Crippen molar-refractivity contribution >= 4 is 17.5 Å². The van der Waals surface area contributed by atoms with Gasteiger partial charge in [-0.25, -0.2) is 0 Å². The molecule has 2 N–H and O–H groups in total. The molecule has 0 aliphatic carbocycles. The Hall–Kier alpha value is -2.82. The van der Waals surface area contributed by atoms with E-state index in [9.17, 15) is 9.59 Å². The molecule has 2 amide bonds. The summed E-state index contributed by atoms with van der Waals surface area (Å²) in [6.07, 6.45) is 1.56. The van der Waals surface area contributed by atoms with Crippen LogP contribution >= 0.6 is 0 Å². The molecule has 126 valence electrons. The molecule has 0 saturated carbocycles. The van der Waals surface area contributed by atoms with Gasteiger partial charge in [0, 0.05) is 12.2 Å². The van der Waals surface area contributed by atoms with Crippen molar-refractivity contribution in [2.45, 2.75) is 19.8 Å². The Morgan fingerprint density at radius 2 is 1.75 bits per heavy atom. The van der Waals surface area contributed by atoms with Crippen LogP contribution in [0.2, 0.25) is 0 Å². The van der Waals surface area contributed by atoms with Gasteiger partial charge in [0.15, 0.2) is 0 Å². The Kier molecular flexibility index (Phi) is 6.37. The molecule has 5 heteroatoms. The van der Waals surface area contributed by atoms with Crippen LogP contribution < -0.4 is 15.4 Å². The molecule has 24 heavy (non-hydrogen) atoms. The summed E-state index contributed by atoms with van der Waals surface area (Å²) >= 11 is 0. The predicted molar refractivity (Wildman–Crippen MR) is 94.2 cm³/mol. The number of aryl methyl sites for hydroxylation is 1. The zero-order valence-corrected chi connectivity index (χ0v) is 14.0. The summed E-state index contributed by atoms with van der Waals surface area (Å²) in [6.45, 7) is 2.44. The van der Waals surface area contributed by atoms with Crippen molar-refractivity contribution in [1.82, 2.24) is 5.32 Å². The highest BCUT2D eigenvalue weighted by atomic mass is 16.5. The molecule has 0 aliphatic heterocycles. The van der Waals surface area contributed by atoms with Crippen LogP contribution in [0, 0.1) is 0 Å². The quantitative estimate of drug-likeness (QED) is 0.802. The van der Waals surface area contributed by atoms with Crippen molar-refractivity contribution in [2.75, 3.05) is 19.0 Å². The maximum atomic E-state index is 11.9. The zero-order chi connectivity index (χ0) is 17.4. The number of hydrogen-bond donors (Lipinski definition) is 2. The number of methoxy groups -OCH3 is 1. The van der Waals surface area contributed by atoms with Gasteiger partial charge in [-0.1, -0.05) is 31.2 Å². The topological polar surface area (TPSA) is 67.4 Å². The molecular weight excluding hydrogens is 304 g/mol. The molecule has 0 aromatic heterocycles. The van der Waals surface area contributed by atoms with Gasteiger partial charge < -0.3 is 15.4 Å². The highest BCUT2D eigenvalue weighted by Gasteiger charge is 2.13. The van der Waals surface area contributed by atoms with E-state index in [1.807, 2.05) is 36.4 Å². The summed E-state index contributed by atoms with van der Waals surface area (Å²) in [5.74, 6) is -0.533. The van der Waals surface area contributed by atoms with Crippen molar-refractivity contribution in [3.8, 4) is 5.75 Å². The van der Waals surface area contributed by atoms with Crippen LogP contribution in [-0.4, -0.2) is 25.5 Å². The van der Waals surface area contributed by atoms with Gasteiger partial charge in [-0.2, -0.15) is 0 Å². The monoisotopic (exact) mass is 326 g/mol. The van der Waals surface area contributed by atoms with E-state index in [4.69, 9.17) is 4.74 Å². The number of nitrogens with one attached hydrogen (secondary N) is 2. The maximum absolute atomic E-state index is 11.9. The molecule has 2 aromatic rings. The van der Waals surface area contributed by atoms with E-state index >= 15 is 0 Å². The second-order valence-electron chi connectivity index (χ2n) is 5.36. The number of amides is 2. The fraction of sp³-hybridized carbons (Fsp3) is 0.263. The van der Waals surface area contributed by atoms with E-state index < -0.39 is 11.8 Å². The second kappa shape index (κ2) is 8.72. The fourth-order valence-electron chi connectivity index (χ4n) is 2.24. The van der Waals surface area contributed by atoms with Gasteiger partial charge >= 0.3 is 11.8 Å². The lowest BCUT2D eigenvalue weighted by Gasteiger charge is -2.08. The smallest absolute Gasteiger partial charge is 0.313 e. The normalized spacial score (nSPS) is 10.1. The first-order chi connectivity index (χ1) is 11.6. The van der Waals surface area contributed by atoms with Crippen molar-refractivity contribution in [2.24, 2.45) is 0 Å². The molecule has 0 heterocycles. The van der Waals surface area contributed by atoms with Crippen molar-refractivity contribution < 1.29 is 14.3 Å². The van der Waals surface area contributed by atoms with Crippen LogP contribution in [-0.2, 0) is 22.4 Å². The SMILES string of the molecule is CCc1ccc(NC(=O)C(=O)NCCc2cccc(OC)c2)cc1. The molecule has 5 nitrogen and oxygen atoms in total. The molecule has 0 radical (unpaired) electrons. The summed E-state index contributed by atoms with van der Waals surface area (Å²) in [4.78, 5) is 23.7. The molecule has 0 fully saturated rings. The minimum absolute atomic E-state index is 0.383. The summed E-state index contributed by atoms with van der Waals surface area (Å²) in [5.41, 5.74) is 2.82. The van der Waals surface area contributed by atoms with Crippen molar-refractivity contribution in [1.29, 1.82) is 0 Å². The van der Waals surface area contributed by atoms with E-state index in [1.54, 1.807) is 19.2 Å². The first-order valence-electron chi connectivity index (χ1n) is 7.93. The minimum Gasteiger partial charge on any atom is -0.497 e. The summed E-state index contributed by atoms with van der Waals surface area (Å²) < 4.78 is 5.15. The molecular formula is C19H22N2O3. The van der Waals surface area contributed by atoms with Crippen molar-refractivity contribution in [3.05, 3.63) is 59.7 Å². The lowest BCUT2D eigenvalue weighted by atomic mass is 10.1. The van der Waals surface area contributed by atoms with Crippen LogP contribution in [0.1, 0.15) is 18.1 Å². The van der Waals surface area contributed by atoms with Gasteiger partial charge in [0.1, 0.15) is 5.75 Å². The van der Waals surface area contributed by atoms with E-state index in [0.29, 0.717) is 18.7 Å². The van der Waals surface area contributed by atoms with E-state index in [2.05, 4.69) is 17.6 Å². The molecule has 0 bridgehead atoms. The van der Waals surface area contributed by atoms with Gasteiger partial charge in [-0.3, -0.25) is 9.59 Å². The zero-order valence-electron chi connectivity index (χ0n) is 14.0. The van der Waals surface area contributed by atoms with Gasteiger partial charge in [0.25, 0.3) is 0 Å². The molecule has 0 aliphatic rings. The van der Waals surface area contributed by atoms with E-state index in [-0.39, 0.29) is 0 Å². The number of carbonyl (C=O) groups is 2. The molecule has 0 spiro atoms. The Morgan fingerprint density at radius 1 is 1.00 bits per heavy atom.